The SMILES string of the molecule is O=C(NCCCCC(=O)N1CC2CCOC2(C(=O)O)C1)OCC1c2ccccc2-c2ccccc21. The third kappa shape index (κ3) is 4.38. The molecular weight excluding hydrogens is 448 g/mol. The molecule has 0 radical (unpaired) electrons. The fourth-order valence-corrected chi connectivity index (χ4v) is 5.66. The topological polar surface area (TPSA) is 105 Å². The van der Waals surface area contributed by atoms with Crippen LogP contribution >= 0.6 is 0 Å². The number of hydrogen-bond acceptors (Lipinski definition) is 5. The van der Waals surface area contributed by atoms with E-state index in [2.05, 4.69) is 29.6 Å². The molecule has 1 aliphatic carbocycles. The van der Waals surface area contributed by atoms with Gasteiger partial charge in [0.1, 0.15) is 6.61 Å². The Labute approximate surface area is 204 Å². The first-order valence-electron chi connectivity index (χ1n) is 12.2. The molecule has 2 unspecified atom stereocenters. The number of unbranched alkanes of at least 4 members (excludes halogenated alkanes) is 1. The number of hydrogen-bond donors (Lipinski definition) is 2. The molecule has 0 aromatic heterocycles. The van der Waals surface area contributed by atoms with E-state index in [1.807, 2.05) is 24.3 Å². The predicted molar refractivity (Wildman–Crippen MR) is 128 cm³/mol. The molecule has 35 heavy (non-hydrogen) atoms. The largest absolute Gasteiger partial charge is 0.479 e. The highest BCUT2D eigenvalue weighted by Gasteiger charge is 2.57. The maximum Gasteiger partial charge on any atom is 0.407 e. The second-order valence-electron chi connectivity index (χ2n) is 9.51. The number of rotatable bonds is 8. The van der Waals surface area contributed by atoms with Crippen molar-refractivity contribution in [3.8, 4) is 11.1 Å². The Morgan fingerprint density at radius 3 is 2.40 bits per heavy atom. The highest BCUT2D eigenvalue weighted by Crippen LogP contribution is 2.44. The third-order valence-electron chi connectivity index (χ3n) is 7.50. The number of benzene rings is 2. The Kier molecular flexibility index (Phi) is 6.47. The minimum absolute atomic E-state index is 0.0174. The summed E-state index contributed by atoms with van der Waals surface area (Å²) in [4.78, 5) is 38.1. The van der Waals surface area contributed by atoms with Gasteiger partial charge in [0.15, 0.2) is 5.60 Å². The minimum atomic E-state index is -1.23. The van der Waals surface area contributed by atoms with Crippen molar-refractivity contribution in [3.63, 3.8) is 0 Å². The zero-order valence-corrected chi connectivity index (χ0v) is 19.6. The molecule has 2 N–H and O–H groups in total. The van der Waals surface area contributed by atoms with Crippen molar-refractivity contribution in [1.29, 1.82) is 0 Å². The normalized spacial score (nSPS) is 22.4. The van der Waals surface area contributed by atoms with E-state index in [4.69, 9.17) is 9.47 Å². The van der Waals surface area contributed by atoms with E-state index in [9.17, 15) is 19.5 Å². The van der Waals surface area contributed by atoms with Gasteiger partial charge in [-0.2, -0.15) is 0 Å². The van der Waals surface area contributed by atoms with Gasteiger partial charge in [0.25, 0.3) is 0 Å². The molecule has 8 nitrogen and oxygen atoms in total. The average molecular weight is 479 g/mol. The summed E-state index contributed by atoms with van der Waals surface area (Å²) < 4.78 is 11.0. The lowest BCUT2D eigenvalue weighted by atomic mass is 9.91. The van der Waals surface area contributed by atoms with Crippen molar-refractivity contribution in [1.82, 2.24) is 10.2 Å². The lowest BCUT2D eigenvalue weighted by molar-refractivity contribution is -0.161. The average Bonchev–Trinajstić information content (AvgIpc) is 3.52. The molecule has 8 heteroatoms. The Balaban J connectivity index is 1.03. The van der Waals surface area contributed by atoms with E-state index in [0.29, 0.717) is 45.4 Å². The number of likely N-dealkylation sites (tertiary alicyclic amines) is 1. The number of ether oxygens (including phenoxy) is 2. The summed E-state index contributed by atoms with van der Waals surface area (Å²) in [6.07, 6.45) is 1.75. The predicted octanol–water partition coefficient (Wildman–Crippen LogP) is 3.40. The summed E-state index contributed by atoms with van der Waals surface area (Å²) in [5, 5.41) is 12.3. The quantitative estimate of drug-likeness (QED) is 0.564. The molecule has 0 bridgehead atoms. The zero-order chi connectivity index (χ0) is 24.4. The number of carbonyl (C=O) groups excluding carboxylic acids is 2. The van der Waals surface area contributed by atoms with Crippen LogP contribution < -0.4 is 5.32 Å². The molecule has 2 aromatic rings. The number of carboxylic acids is 1. The minimum Gasteiger partial charge on any atom is -0.479 e. The number of amides is 2. The number of alkyl carbamates (subject to hydrolysis) is 1. The smallest absolute Gasteiger partial charge is 0.407 e. The summed E-state index contributed by atoms with van der Waals surface area (Å²) >= 11 is 0. The van der Waals surface area contributed by atoms with E-state index < -0.39 is 17.7 Å². The van der Waals surface area contributed by atoms with Gasteiger partial charge < -0.3 is 24.8 Å². The van der Waals surface area contributed by atoms with Gasteiger partial charge >= 0.3 is 12.1 Å². The van der Waals surface area contributed by atoms with Crippen LogP contribution in [-0.4, -0.2) is 66.4 Å². The van der Waals surface area contributed by atoms with Gasteiger partial charge in [0.2, 0.25) is 5.91 Å². The molecule has 3 aliphatic rings. The van der Waals surface area contributed by atoms with Crippen LogP contribution in [0.3, 0.4) is 0 Å². The van der Waals surface area contributed by atoms with E-state index in [1.165, 1.54) is 22.3 Å². The van der Waals surface area contributed by atoms with Crippen LogP contribution in [0.4, 0.5) is 4.79 Å². The molecule has 0 spiro atoms. The summed E-state index contributed by atoms with van der Waals surface area (Å²) in [6, 6.07) is 16.4. The number of aliphatic carboxylic acids is 1. The van der Waals surface area contributed by atoms with Crippen LogP contribution in [-0.2, 0) is 19.1 Å². The Hall–Kier alpha value is -3.39. The van der Waals surface area contributed by atoms with Crippen LogP contribution in [0.2, 0.25) is 0 Å². The molecule has 2 atom stereocenters. The summed E-state index contributed by atoms with van der Waals surface area (Å²) in [7, 11) is 0. The maximum absolute atomic E-state index is 12.6. The van der Waals surface area contributed by atoms with Gasteiger partial charge in [0, 0.05) is 38.0 Å². The Bertz CT molecular complexity index is 1090. The summed E-state index contributed by atoms with van der Waals surface area (Å²) in [5.74, 6) is -1.17. The first kappa shape index (κ1) is 23.4. The zero-order valence-electron chi connectivity index (χ0n) is 19.6. The fourth-order valence-electron chi connectivity index (χ4n) is 5.66. The Morgan fingerprint density at radius 2 is 1.74 bits per heavy atom. The first-order chi connectivity index (χ1) is 17.0. The second-order valence-corrected chi connectivity index (χ2v) is 9.51. The number of carbonyl (C=O) groups is 3. The van der Waals surface area contributed by atoms with E-state index in [0.717, 1.165) is 0 Å². The van der Waals surface area contributed by atoms with Crippen molar-refractivity contribution in [3.05, 3.63) is 59.7 Å². The molecule has 2 heterocycles. The highest BCUT2D eigenvalue weighted by atomic mass is 16.5. The van der Waals surface area contributed by atoms with Crippen molar-refractivity contribution in [2.75, 3.05) is 32.8 Å². The van der Waals surface area contributed by atoms with Gasteiger partial charge in [-0.25, -0.2) is 9.59 Å². The van der Waals surface area contributed by atoms with Crippen molar-refractivity contribution in [2.24, 2.45) is 5.92 Å². The second kappa shape index (κ2) is 9.70. The molecule has 5 rings (SSSR count). The molecule has 0 saturated carbocycles. The van der Waals surface area contributed by atoms with E-state index in [-0.39, 0.29) is 30.9 Å². The first-order valence-corrected chi connectivity index (χ1v) is 12.2. The number of fused-ring (bicyclic) bond motifs is 4. The molecule has 2 aromatic carbocycles. The van der Waals surface area contributed by atoms with E-state index >= 15 is 0 Å². The van der Waals surface area contributed by atoms with E-state index in [1.54, 1.807) is 4.90 Å². The van der Waals surface area contributed by atoms with Gasteiger partial charge in [0.05, 0.1) is 6.54 Å². The van der Waals surface area contributed by atoms with Crippen molar-refractivity contribution < 1.29 is 29.0 Å². The molecular formula is C27H30N2O6. The van der Waals surface area contributed by atoms with Crippen LogP contribution in [0.15, 0.2) is 48.5 Å². The molecule has 2 saturated heterocycles. The molecule has 2 amide bonds. The molecule has 2 fully saturated rings. The monoisotopic (exact) mass is 478 g/mol. The molecule has 2 aliphatic heterocycles. The van der Waals surface area contributed by atoms with Crippen LogP contribution in [0, 0.1) is 5.92 Å². The summed E-state index contributed by atoms with van der Waals surface area (Å²) in [5.41, 5.74) is 3.47. The van der Waals surface area contributed by atoms with Gasteiger partial charge in [-0.3, -0.25) is 4.79 Å². The fraction of sp³-hybridized carbons (Fsp3) is 0.444. The van der Waals surface area contributed by atoms with Crippen molar-refractivity contribution in [2.45, 2.75) is 37.2 Å². The Morgan fingerprint density at radius 1 is 1.06 bits per heavy atom. The standard InChI is InChI=1S/C27H30N2O6/c30-24(29-15-18-12-14-35-27(18,17-29)25(31)32)11-5-6-13-28-26(33)34-16-23-21-9-3-1-7-19(21)20-8-2-4-10-22(20)23/h1-4,7-10,18,23H,5-6,11-17H2,(H,28,33)(H,31,32). The highest BCUT2D eigenvalue weighted by molar-refractivity contribution is 5.83. The number of nitrogens with zero attached hydrogens (tertiary/aromatic N) is 1. The lowest BCUT2D eigenvalue weighted by Gasteiger charge is -2.23. The lowest BCUT2D eigenvalue weighted by Crippen LogP contribution is -2.45. The maximum atomic E-state index is 12.6. The van der Waals surface area contributed by atoms with Crippen LogP contribution in [0.25, 0.3) is 11.1 Å². The van der Waals surface area contributed by atoms with Gasteiger partial charge in [-0.05, 0) is 41.5 Å². The number of nitrogens with one attached hydrogen (secondary N) is 1. The number of carboxylic acid groups (broad SMARTS) is 1. The van der Waals surface area contributed by atoms with Crippen LogP contribution in [0.1, 0.15) is 42.7 Å². The van der Waals surface area contributed by atoms with Crippen LogP contribution in [0.5, 0.6) is 0 Å². The van der Waals surface area contributed by atoms with Gasteiger partial charge in [-0.15, -0.1) is 0 Å². The van der Waals surface area contributed by atoms with Gasteiger partial charge in [-0.1, -0.05) is 48.5 Å². The molecule has 184 valence electrons. The summed E-state index contributed by atoms with van der Waals surface area (Å²) in [6.45, 7) is 1.66. The van der Waals surface area contributed by atoms with Crippen molar-refractivity contribution >= 4 is 18.0 Å². The third-order valence-corrected chi connectivity index (χ3v) is 7.50.